The zero-order chi connectivity index (χ0) is 23.3. The molecule has 0 amide bonds. The molecule has 2 aromatic rings. The third-order valence-electron chi connectivity index (χ3n) is 5.46. The van der Waals surface area contributed by atoms with Crippen LogP contribution in [0.15, 0.2) is 72.3 Å². The van der Waals surface area contributed by atoms with E-state index in [1.807, 2.05) is 49.4 Å². The first-order chi connectivity index (χ1) is 15.4. The fourth-order valence-corrected chi connectivity index (χ4v) is 3.75. The fourth-order valence-electron chi connectivity index (χ4n) is 3.62. The van der Waals surface area contributed by atoms with Crippen molar-refractivity contribution in [3.63, 3.8) is 0 Å². The summed E-state index contributed by atoms with van der Waals surface area (Å²) in [7, 11) is 0. The van der Waals surface area contributed by atoms with E-state index in [2.05, 4.69) is 23.8 Å². The average molecular weight is 451 g/mol. The molecule has 0 bridgehead atoms. The number of hydrogen-bond acceptors (Lipinski definition) is 2. The molecule has 0 aliphatic heterocycles. The Morgan fingerprint density at radius 1 is 0.969 bits per heavy atom. The summed E-state index contributed by atoms with van der Waals surface area (Å²) in [6.45, 7) is 9.55. The van der Waals surface area contributed by atoms with E-state index in [1.165, 1.54) is 38.5 Å². The van der Waals surface area contributed by atoms with E-state index in [1.54, 1.807) is 25.1 Å². The Bertz CT molecular complexity index is 919. The highest BCUT2D eigenvalue weighted by atomic mass is 35.5. The van der Waals surface area contributed by atoms with Gasteiger partial charge in [-0.2, -0.15) is 0 Å². The van der Waals surface area contributed by atoms with Crippen LogP contribution >= 0.6 is 11.6 Å². The number of aliphatic imine (C=N–C) groups is 1. The van der Waals surface area contributed by atoms with Crippen molar-refractivity contribution in [3.8, 4) is 0 Å². The standard InChI is InChI=1S/C20H19ClN2O.C8H16/c1-4-5-20(17-6-10-18(21)11-7-17)23-15(3)22-19-12-8-16(9-13-19)14(2)24;1-8-6-4-2-3-5-7-8/h4-13H,1H2,2-3H3,(H,22,23);8H,2-7H2,1H3/b20-5-;. The maximum atomic E-state index is 11.3. The minimum atomic E-state index is 0.0471. The number of nitrogens with zero attached hydrogens (tertiary/aromatic N) is 1. The van der Waals surface area contributed by atoms with Gasteiger partial charge in [0, 0.05) is 21.8 Å². The van der Waals surface area contributed by atoms with Gasteiger partial charge in [-0.1, -0.05) is 81.8 Å². The van der Waals surface area contributed by atoms with Gasteiger partial charge in [0.15, 0.2) is 5.78 Å². The Kier molecular flexibility index (Phi) is 11.0. The molecule has 0 radical (unpaired) electrons. The Hall–Kier alpha value is -2.65. The average Bonchev–Trinajstić information content (AvgIpc) is 3.02. The lowest BCUT2D eigenvalue weighted by molar-refractivity contribution is 0.101. The van der Waals surface area contributed by atoms with Gasteiger partial charge in [-0.25, -0.2) is 4.99 Å². The molecule has 0 aromatic heterocycles. The fraction of sp³-hybridized carbons (Fsp3) is 0.357. The van der Waals surface area contributed by atoms with Crippen molar-refractivity contribution >= 4 is 34.6 Å². The van der Waals surface area contributed by atoms with Crippen LogP contribution < -0.4 is 5.32 Å². The Labute approximate surface area is 198 Å². The molecule has 1 N–H and O–H groups in total. The molecule has 0 spiro atoms. The largest absolute Gasteiger partial charge is 0.344 e. The second-order valence-corrected chi connectivity index (χ2v) is 8.78. The molecule has 32 heavy (non-hydrogen) atoms. The first kappa shape index (κ1) is 25.6. The van der Waals surface area contributed by atoms with Crippen LogP contribution in [-0.4, -0.2) is 11.6 Å². The Morgan fingerprint density at radius 3 is 2.06 bits per heavy atom. The number of halogens is 1. The van der Waals surface area contributed by atoms with Crippen molar-refractivity contribution in [2.75, 3.05) is 5.32 Å². The number of carbonyl (C=O) groups excluding carboxylic acids is 1. The topological polar surface area (TPSA) is 41.5 Å². The Balaban J connectivity index is 0.000000380. The lowest BCUT2D eigenvalue weighted by Gasteiger charge is -2.08. The maximum absolute atomic E-state index is 11.3. The molecule has 1 saturated carbocycles. The van der Waals surface area contributed by atoms with Gasteiger partial charge in [-0.05, 0) is 62.2 Å². The number of anilines is 1. The summed E-state index contributed by atoms with van der Waals surface area (Å²) in [4.78, 5) is 15.9. The molecule has 1 fully saturated rings. The van der Waals surface area contributed by atoms with Crippen LogP contribution in [-0.2, 0) is 0 Å². The third kappa shape index (κ3) is 9.23. The predicted octanol–water partition coefficient (Wildman–Crippen LogP) is 8.58. The van der Waals surface area contributed by atoms with Crippen LogP contribution in [0, 0.1) is 5.92 Å². The highest BCUT2D eigenvalue weighted by molar-refractivity contribution is 6.30. The van der Waals surface area contributed by atoms with E-state index in [-0.39, 0.29) is 5.78 Å². The molecule has 3 nitrogen and oxygen atoms in total. The first-order valence-corrected chi connectivity index (χ1v) is 11.8. The van der Waals surface area contributed by atoms with Crippen LogP contribution in [0.25, 0.3) is 5.70 Å². The number of rotatable bonds is 5. The number of hydrogen-bond donors (Lipinski definition) is 1. The number of carbonyl (C=O) groups is 1. The smallest absolute Gasteiger partial charge is 0.159 e. The number of benzene rings is 2. The second-order valence-electron chi connectivity index (χ2n) is 8.35. The minimum Gasteiger partial charge on any atom is -0.344 e. The molecule has 4 heteroatoms. The summed E-state index contributed by atoms with van der Waals surface area (Å²) in [5.74, 6) is 1.80. The first-order valence-electron chi connectivity index (χ1n) is 11.4. The SMILES string of the molecule is C=C/C=C(\N=C(C)Nc1ccc(C(C)=O)cc1)c1ccc(Cl)cc1.CC1CCCCCC1. The number of Topliss-reactive ketones (excluding diaryl/α,β-unsaturated/α-hetero) is 1. The molecule has 1 aliphatic rings. The van der Waals surface area contributed by atoms with Crippen molar-refractivity contribution in [2.24, 2.45) is 10.9 Å². The van der Waals surface area contributed by atoms with Gasteiger partial charge >= 0.3 is 0 Å². The van der Waals surface area contributed by atoms with Crippen molar-refractivity contribution < 1.29 is 4.79 Å². The van der Waals surface area contributed by atoms with Gasteiger partial charge in [0.2, 0.25) is 0 Å². The molecule has 0 atom stereocenters. The summed E-state index contributed by atoms with van der Waals surface area (Å²) >= 11 is 5.93. The molecule has 0 heterocycles. The summed E-state index contributed by atoms with van der Waals surface area (Å²) < 4.78 is 0. The highest BCUT2D eigenvalue weighted by Gasteiger charge is 2.05. The van der Waals surface area contributed by atoms with Gasteiger partial charge in [-0.15, -0.1) is 0 Å². The van der Waals surface area contributed by atoms with Crippen molar-refractivity contribution in [1.82, 2.24) is 0 Å². The van der Waals surface area contributed by atoms with Gasteiger partial charge in [0.05, 0.1) is 5.70 Å². The molecular formula is C28H35ClN2O. The lowest BCUT2D eigenvalue weighted by atomic mass is 10.0. The Morgan fingerprint density at radius 2 is 1.53 bits per heavy atom. The quantitative estimate of drug-likeness (QED) is 0.163. The summed E-state index contributed by atoms with van der Waals surface area (Å²) in [6.07, 6.45) is 12.5. The van der Waals surface area contributed by atoms with E-state index in [0.717, 1.165) is 28.7 Å². The van der Waals surface area contributed by atoms with Crippen LogP contribution in [0.3, 0.4) is 0 Å². The summed E-state index contributed by atoms with van der Waals surface area (Å²) in [5.41, 5.74) is 3.29. The van der Waals surface area contributed by atoms with Crippen molar-refractivity contribution in [3.05, 3.63) is 83.4 Å². The number of allylic oxidation sites excluding steroid dienone is 2. The second kappa shape index (κ2) is 13.7. The van der Waals surface area contributed by atoms with Crippen LogP contribution in [0.2, 0.25) is 5.02 Å². The zero-order valence-electron chi connectivity index (χ0n) is 19.5. The van der Waals surface area contributed by atoms with E-state index < -0.39 is 0 Å². The van der Waals surface area contributed by atoms with Crippen molar-refractivity contribution in [1.29, 1.82) is 0 Å². The molecule has 1 aliphatic carbocycles. The summed E-state index contributed by atoms with van der Waals surface area (Å²) in [5, 5.41) is 3.90. The van der Waals surface area contributed by atoms with Gasteiger partial charge in [0.25, 0.3) is 0 Å². The molecule has 0 saturated heterocycles. The number of ketones is 1. The van der Waals surface area contributed by atoms with E-state index in [0.29, 0.717) is 10.6 Å². The monoisotopic (exact) mass is 450 g/mol. The molecule has 0 unspecified atom stereocenters. The normalized spacial score (nSPS) is 15.2. The zero-order valence-corrected chi connectivity index (χ0v) is 20.3. The minimum absolute atomic E-state index is 0.0471. The van der Waals surface area contributed by atoms with Crippen LogP contribution in [0.5, 0.6) is 0 Å². The molecule has 170 valence electrons. The van der Waals surface area contributed by atoms with E-state index in [4.69, 9.17) is 11.6 Å². The van der Waals surface area contributed by atoms with E-state index in [9.17, 15) is 4.79 Å². The molecular weight excluding hydrogens is 416 g/mol. The van der Waals surface area contributed by atoms with Gasteiger partial charge in [0.1, 0.15) is 5.84 Å². The van der Waals surface area contributed by atoms with Gasteiger partial charge < -0.3 is 5.32 Å². The molecule has 3 rings (SSSR count). The highest BCUT2D eigenvalue weighted by Crippen LogP contribution is 2.22. The third-order valence-corrected chi connectivity index (χ3v) is 5.72. The number of amidine groups is 1. The lowest BCUT2D eigenvalue weighted by Crippen LogP contribution is -2.07. The maximum Gasteiger partial charge on any atom is 0.159 e. The van der Waals surface area contributed by atoms with Crippen LogP contribution in [0.4, 0.5) is 5.69 Å². The molecule has 2 aromatic carbocycles. The van der Waals surface area contributed by atoms with Crippen molar-refractivity contribution in [2.45, 2.75) is 59.3 Å². The van der Waals surface area contributed by atoms with Gasteiger partial charge in [-0.3, -0.25) is 4.79 Å². The predicted molar refractivity (Wildman–Crippen MR) is 140 cm³/mol. The van der Waals surface area contributed by atoms with Crippen LogP contribution in [0.1, 0.15) is 75.2 Å². The number of nitrogens with one attached hydrogen (secondary N) is 1. The van der Waals surface area contributed by atoms with E-state index >= 15 is 0 Å². The summed E-state index contributed by atoms with van der Waals surface area (Å²) in [6, 6.07) is 14.8.